The summed E-state index contributed by atoms with van der Waals surface area (Å²) in [7, 11) is 1.54. The second-order valence-corrected chi connectivity index (χ2v) is 3.84. The minimum Gasteiger partial charge on any atom is -0.504 e. The highest BCUT2D eigenvalue weighted by Gasteiger charge is 2.09. The van der Waals surface area contributed by atoms with E-state index in [4.69, 9.17) is 16.2 Å². The van der Waals surface area contributed by atoms with Crippen LogP contribution < -0.4 is 16.2 Å². The highest BCUT2D eigenvalue weighted by molar-refractivity contribution is 5.45. The Kier molecular flexibility index (Phi) is 5.08. The Balaban J connectivity index is 2.66. The molecule has 1 aromatic carbocycles. The van der Waals surface area contributed by atoms with Crippen molar-refractivity contribution < 1.29 is 9.84 Å². The zero-order valence-corrected chi connectivity index (χ0v) is 9.65. The summed E-state index contributed by atoms with van der Waals surface area (Å²) in [6.07, 6.45) is 1.65. The number of phenolic OH excluding ortho intramolecular Hbond substituents is 1. The lowest BCUT2D eigenvalue weighted by Crippen LogP contribution is -2.23. The van der Waals surface area contributed by atoms with Gasteiger partial charge in [-0.15, -0.1) is 0 Å². The van der Waals surface area contributed by atoms with Crippen LogP contribution in [0.25, 0.3) is 0 Å². The third-order valence-electron chi connectivity index (χ3n) is 2.79. The summed E-state index contributed by atoms with van der Waals surface area (Å²) < 4.78 is 5.05. The fourth-order valence-electron chi connectivity index (χ4n) is 1.63. The SMILES string of the molecule is COc1cccc(CCC(CN)CN)c1O. The van der Waals surface area contributed by atoms with Crippen molar-refractivity contribution in [3.8, 4) is 11.5 Å². The van der Waals surface area contributed by atoms with Gasteiger partial charge in [-0.25, -0.2) is 0 Å². The molecule has 0 radical (unpaired) electrons. The Hall–Kier alpha value is -1.26. The Morgan fingerprint density at radius 1 is 1.31 bits per heavy atom. The average molecular weight is 224 g/mol. The number of rotatable bonds is 6. The van der Waals surface area contributed by atoms with E-state index >= 15 is 0 Å². The summed E-state index contributed by atoms with van der Waals surface area (Å²) in [6, 6.07) is 5.50. The van der Waals surface area contributed by atoms with Crippen molar-refractivity contribution in [2.24, 2.45) is 17.4 Å². The first-order valence-electron chi connectivity index (χ1n) is 5.47. The maximum absolute atomic E-state index is 9.86. The Labute approximate surface area is 96.2 Å². The fraction of sp³-hybridized carbons (Fsp3) is 0.500. The molecule has 5 N–H and O–H groups in total. The van der Waals surface area contributed by atoms with E-state index in [1.807, 2.05) is 12.1 Å². The maximum atomic E-state index is 9.86. The van der Waals surface area contributed by atoms with E-state index in [2.05, 4.69) is 0 Å². The van der Waals surface area contributed by atoms with Gasteiger partial charge in [0, 0.05) is 0 Å². The summed E-state index contributed by atoms with van der Waals surface area (Å²) >= 11 is 0. The lowest BCUT2D eigenvalue weighted by Gasteiger charge is -2.13. The molecule has 0 bridgehead atoms. The molecule has 4 heteroatoms. The van der Waals surface area contributed by atoms with E-state index in [1.165, 1.54) is 0 Å². The normalized spacial score (nSPS) is 10.8. The van der Waals surface area contributed by atoms with Crippen molar-refractivity contribution in [3.05, 3.63) is 23.8 Å². The van der Waals surface area contributed by atoms with E-state index in [0.717, 1.165) is 18.4 Å². The van der Waals surface area contributed by atoms with Crippen molar-refractivity contribution in [3.63, 3.8) is 0 Å². The average Bonchev–Trinajstić information content (AvgIpc) is 2.32. The molecule has 0 aromatic heterocycles. The predicted molar refractivity (Wildman–Crippen MR) is 64.6 cm³/mol. The van der Waals surface area contributed by atoms with E-state index < -0.39 is 0 Å². The Bertz CT molecular complexity index is 325. The molecule has 0 amide bonds. The molecule has 90 valence electrons. The quantitative estimate of drug-likeness (QED) is 0.669. The van der Waals surface area contributed by atoms with Crippen LogP contribution >= 0.6 is 0 Å². The number of nitrogens with two attached hydrogens (primary N) is 2. The lowest BCUT2D eigenvalue weighted by molar-refractivity contribution is 0.369. The number of hydrogen-bond donors (Lipinski definition) is 3. The first-order chi connectivity index (χ1) is 7.72. The number of ether oxygens (including phenoxy) is 1. The molecule has 1 rings (SSSR count). The molecule has 0 aliphatic heterocycles. The van der Waals surface area contributed by atoms with Gasteiger partial charge in [0.2, 0.25) is 0 Å². The molecule has 0 aliphatic rings. The Morgan fingerprint density at radius 3 is 2.56 bits per heavy atom. The summed E-state index contributed by atoms with van der Waals surface area (Å²) in [5, 5.41) is 9.86. The van der Waals surface area contributed by atoms with Crippen molar-refractivity contribution in [2.45, 2.75) is 12.8 Å². The highest BCUT2D eigenvalue weighted by Crippen LogP contribution is 2.30. The van der Waals surface area contributed by atoms with Gasteiger partial charge in [0.1, 0.15) is 0 Å². The van der Waals surface area contributed by atoms with Crippen LogP contribution in [0.1, 0.15) is 12.0 Å². The van der Waals surface area contributed by atoms with Gasteiger partial charge in [-0.2, -0.15) is 0 Å². The van der Waals surface area contributed by atoms with Gasteiger partial charge in [0.25, 0.3) is 0 Å². The molecular formula is C12H20N2O2. The van der Waals surface area contributed by atoms with Crippen LogP contribution in [-0.4, -0.2) is 25.3 Å². The monoisotopic (exact) mass is 224 g/mol. The van der Waals surface area contributed by atoms with Crippen LogP contribution in [0.3, 0.4) is 0 Å². The fourth-order valence-corrected chi connectivity index (χ4v) is 1.63. The van der Waals surface area contributed by atoms with E-state index in [0.29, 0.717) is 24.8 Å². The summed E-state index contributed by atoms with van der Waals surface area (Å²) in [5.41, 5.74) is 12.0. The highest BCUT2D eigenvalue weighted by atomic mass is 16.5. The molecule has 0 aliphatic carbocycles. The van der Waals surface area contributed by atoms with Gasteiger partial charge < -0.3 is 21.3 Å². The van der Waals surface area contributed by atoms with Crippen molar-refractivity contribution in [1.29, 1.82) is 0 Å². The number of aromatic hydroxyl groups is 1. The molecule has 16 heavy (non-hydrogen) atoms. The molecule has 1 aromatic rings. The molecule has 0 heterocycles. The summed E-state index contributed by atoms with van der Waals surface area (Å²) in [5.74, 6) is 1.04. The van der Waals surface area contributed by atoms with Gasteiger partial charge in [-0.1, -0.05) is 12.1 Å². The third-order valence-corrected chi connectivity index (χ3v) is 2.79. The van der Waals surface area contributed by atoms with Gasteiger partial charge in [-0.05, 0) is 43.5 Å². The van der Waals surface area contributed by atoms with Crippen LogP contribution in [0.4, 0.5) is 0 Å². The molecule has 0 unspecified atom stereocenters. The summed E-state index contributed by atoms with van der Waals surface area (Å²) in [4.78, 5) is 0. The minimum absolute atomic E-state index is 0.220. The second kappa shape index (κ2) is 6.35. The first-order valence-corrected chi connectivity index (χ1v) is 5.47. The maximum Gasteiger partial charge on any atom is 0.160 e. The minimum atomic E-state index is 0.220. The number of para-hydroxylation sites is 1. The zero-order chi connectivity index (χ0) is 12.0. The zero-order valence-electron chi connectivity index (χ0n) is 9.65. The van der Waals surface area contributed by atoms with Crippen LogP contribution in [0.15, 0.2) is 18.2 Å². The van der Waals surface area contributed by atoms with E-state index in [9.17, 15) is 5.11 Å². The third kappa shape index (κ3) is 3.12. The number of aryl methyl sites for hydroxylation is 1. The Morgan fingerprint density at radius 2 is 2.00 bits per heavy atom. The van der Waals surface area contributed by atoms with Crippen LogP contribution in [-0.2, 0) is 6.42 Å². The lowest BCUT2D eigenvalue weighted by atomic mass is 9.99. The van der Waals surface area contributed by atoms with Crippen LogP contribution in [0.2, 0.25) is 0 Å². The molecule has 0 saturated heterocycles. The smallest absolute Gasteiger partial charge is 0.160 e. The van der Waals surface area contributed by atoms with Crippen molar-refractivity contribution >= 4 is 0 Å². The largest absolute Gasteiger partial charge is 0.504 e. The number of hydrogen-bond acceptors (Lipinski definition) is 4. The van der Waals surface area contributed by atoms with Gasteiger partial charge in [0.05, 0.1) is 7.11 Å². The second-order valence-electron chi connectivity index (χ2n) is 3.84. The molecule has 0 fully saturated rings. The van der Waals surface area contributed by atoms with E-state index in [1.54, 1.807) is 13.2 Å². The number of phenols is 1. The molecule has 4 nitrogen and oxygen atoms in total. The van der Waals surface area contributed by atoms with Crippen molar-refractivity contribution in [2.75, 3.05) is 20.2 Å². The van der Waals surface area contributed by atoms with Crippen LogP contribution in [0, 0.1) is 5.92 Å². The first kappa shape index (κ1) is 12.8. The number of methoxy groups -OCH3 is 1. The molecule has 0 saturated carbocycles. The molecule has 0 atom stereocenters. The van der Waals surface area contributed by atoms with Crippen molar-refractivity contribution in [1.82, 2.24) is 0 Å². The van der Waals surface area contributed by atoms with Gasteiger partial charge in [0.15, 0.2) is 11.5 Å². The molecule has 0 spiro atoms. The van der Waals surface area contributed by atoms with E-state index in [-0.39, 0.29) is 5.75 Å². The summed E-state index contributed by atoms with van der Waals surface area (Å²) in [6.45, 7) is 1.17. The number of benzene rings is 1. The van der Waals surface area contributed by atoms with Crippen LogP contribution in [0.5, 0.6) is 11.5 Å². The van der Waals surface area contributed by atoms with Gasteiger partial charge >= 0.3 is 0 Å². The molecular weight excluding hydrogens is 204 g/mol. The predicted octanol–water partition coefficient (Wildman–Crippen LogP) is 0.867. The van der Waals surface area contributed by atoms with Gasteiger partial charge in [-0.3, -0.25) is 0 Å². The topological polar surface area (TPSA) is 81.5 Å². The standard InChI is InChI=1S/C12H20N2O2/c1-16-11-4-2-3-10(12(11)15)6-5-9(7-13)8-14/h2-4,9,15H,5-8,13-14H2,1H3.